The maximum atomic E-state index is 6.14. The zero-order valence-corrected chi connectivity index (χ0v) is 11.4. The van der Waals surface area contributed by atoms with Gasteiger partial charge in [-0.15, -0.1) is 0 Å². The van der Waals surface area contributed by atoms with Crippen LogP contribution >= 0.6 is 11.6 Å². The summed E-state index contributed by atoms with van der Waals surface area (Å²) in [6.45, 7) is 2.72. The molecule has 0 aliphatic carbocycles. The first-order valence-corrected chi connectivity index (χ1v) is 6.54. The highest BCUT2D eigenvalue weighted by molar-refractivity contribution is 6.33. The molecule has 1 aromatic carbocycles. The van der Waals surface area contributed by atoms with Gasteiger partial charge in [0.25, 0.3) is 0 Å². The molecule has 0 aliphatic heterocycles. The molecule has 19 heavy (non-hydrogen) atoms. The normalized spacial score (nSPS) is 10.8. The molecular formula is C15H14ClN3. The van der Waals surface area contributed by atoms with E-state index in [2.05, 4.69) is 14.7 Å². The van der Waals surface area contributed by atoms with Crippen LogP contribution in [0, 0.1) is 6.92 Å². The van der Waals surface area contributed by atoms with Crippen LogP contribution in [0.15, 0.2) is 48.7 Å². The molecule has 0 atom stereocenters. The third kappa shape index (κ3) is 2.29. The van der Waals surface area contributed by atoms with E-state index in [0.29, 0.717) is 6.54 Å². The second-order valence-corrected chi connectivity index (χ2v) is 4.81. The number of rotatable bonds is 3. The van der Waals surface area contributed by atoms with Gasteiger partial charge in [-0.1, -0.05) is 29.8 Å². The van der Waals surface area contributed by atoms with E-state index in [4.69, 9.17) is 11.6 Å². The van der Waals surface area contributed by atoms with Gasteiger partial charge in [-0.2, -0.15) is 0 Å². The summed E-state index contributed by atoms with van der Waals surface area (Å²) >= 11 is 6.14. The van der Waals surface area contributed by atoms with Gasteiger partial charge in [-0.05, 0) is 31.2 Å². The minimum atomic E-state index is 0.695. The number of aryl methyl sites for hydroxylation is 1. The molecule has 0 aliphatic rings. The Morgan fingerprint density at radius 1 is 1.16 bits per heavy atom. The fourth-order valence-electron chi connectivity index (χ4n) is 2.16. The summed E-state index contributed by atoms with van der Waals surface area (Å²) in [5.74, 6) is 0. The van der Waals surface area contributed by atoms with Crippen LogP contribution in [0.1, 0.15) is 11.4 Å². The van der Waals surface area contributed by atoms with E-state index in [1.165, 1.54) is 0 Å². The van der Waals surface area contributed by atoms with Crippen molar-refractivity contribution in [2.24, 2.45) is 0 Å². The van der Waals surface area contributed by atoms with Crippen molar-refractivity contribution in [3.05, 3.63) is 65.1 Å². The number of para-hydroxylation sites is 1. The summed E-state index contributed by atoms with van der Waals surface area (Å²) in [5, 5.41) is 4.09. The van der Waals surface area contributed by atoms with E-state index in [9.17, 15) is 0 Å². The number of halogens is 1. The van der Waals surface area contributed by atoms with E-state index in [0.717, 1.165) is 27.7 Å². The molecule has 0 fully saturated rings. The molecule has 0 radical (unpaired) electrons. The first-order chi connectivity index (χ1) is 9.25. The molecule has 2 aromatic heterocycles. The number of hydrogen-bond donors (Lipinski definition) is 1. The summed E-state index contributed by atoms with van der Waals surface area (Å²) in [5.41, 5.74) is 4.09. The van der Waals surface area contributed by atoms with Gasteiger partial charge in [0.1, 0.15) is 5.65 Å². The Balaban J connectivity index is 1.90. The van der Waals surface area contributed by atoms with E-state index in [1.807, 2.05) is 55.6 Å². The molecule has 0 unspecified atom stereocenters. The van der Waals surface area contributed by atoms with Crippen LogP contribution in [0.2, 0.25) is 5.02 Å². The van der Waals surface area contributed by atoms with Crippen LogP contribution in [-0.4, -0.2) is 9.38 Å². The predicted molar refractivity (Wildman–Crippen MR) is 78.7 cm³/mol. The van der Waals surface area contributed by atoms with Gasteiger partial charge in [0.15, 0.2) is 0 Å². The average molecular weight is 272 g/mol. The zero-order valence-electron chi connectivity index (χ0n) is 10.6. The summed E-state index contributed by atoms with van der Waals surface area (Å²) < 4.78 is 2.10. The van der Waals surface area contributed by atoms with Gasteiger partial charge < -0.3 is 9.72 Å². The molecule has 3 rings (SSSR count). The Morgan fingerprint density at radius 3 is 2.79 bits per heavy atom. The minimum absolute atomic E-state index is 0.695. The van der Waals surface area contributed by atoms with Crippen molar-refractivity contribution in [2.45, 2.75) is 13.5 Å². The maximum Gasteiger partial charge on any atom is 0.137 e. The minimum Gasteiger partial charge on any atom is -0.378 e. The van der Waals surface area contributed by atoms with Crippen molar-refractivity contribution in [3.8, 4) is 0 Å². The molecular weight excluding hydrogens is 258 g/mol. The quantitative estimate of drug-likeness (QED) is 0.783. The van der Waals surface area contributed by atoms with Gasteiger partial charge in [0.2, 0.25) is 0 Å². The first-order valence-electron chi connectivity index (χ1n) is 6.16. The number of imidazole rings is 1. The lowest BCUT2D eigenvalue weighted by Gasteiger charge is -2.08. The van der Waals surface area contributed by atoms with Crippen molar-refractivity contribution in [1.82, 2.24) is 9.38 Å². The molecule has 3 aromatic rings. The van der Waals surface area contributed by atoms with Crippen molar-refractivity contribution < 1.29 is 0 Å². The van der Waals surface area contributed by atoms with Gasteiger partial charge in [-0.3, -0.25) is 0 Å². The monoisotopic (exact) mass is 271 g/mol. The molecule has 1 N–H and O–H groups in total. The van der Waals surface area contributed by atoms with E-state index in [-0.39, 0.29) is 0 Å². The van der Waals surface area contributed by atoms with Gasteiger partial charge >= 0.3 is 0 Å². The third-order valence-electron chi connectivity index (χ3n) is 3.15. The topological polar surface area (TPSA) is 29.3 Å². The maximum absolute atomic E-state index is 6.14. The number of aromatic nitrogens is 2. The number of fused-ring (bicyclic) bond motifs is 1. The highest BCUT2D eigenvalue weighted by Gasteiger charge is 2.08. The van der Waals surface area contributed by atoms with Crippen molar-refractivity contribution in [1.29, 1.82) is 0 Å². The van der Waals surface area contributed by atoms with Crippen LogP contribution < -0.4 is 5.32 Å². The molecule has 0 saturated carbocycles. The Kier molecular flexibility index (Phi) is 3.13. The lowest BCUT2D eigenvalue weighted by molar-refractivity contribution is 0.987. The Labute approximate surface area is 116 Å². The van der Waals surface area contributed by atoms with Gasteiger partial charge in [-0.25, -0.2) is 4.98 Å². The number of nitrogens with one attached hydrogen (secondary N) is 1. The van der Waals surface area contributed by atoms with Gasteiger partial charge in [0.05, 0.1) is 28.6 Å². The Bertz CT molecular complexity index is 718. The second kappa shape index (κ2) is 4.94. The largest absolute Gasteiger partial charge is 0.378 e. The van der Waals surface area contributed by atoms with E-state index in [1.54, 1.807) is 0 Å². The van der Waals surface area contributed by atoms with E-state index >= 15 is 0 Å². The predicted octanol–water partition coefficient (Wildman–Crippen LogP) is 3.91. The lowest BCUT2D eigenvalue weighted by Crippen LogP contribution is -2.04. The highest BCUT2D eigenvalue weighted by atomic mass is 35.5. The van der Waals surface area contributed by atoms with Crippen molar-refractivity contribution in [3.63, 3.8) is 0 Å². The third-order valence-corrected chi connectivity index (χ3v) is 3.48. The zero-order chi connectivity index (χ0) is 13.2. The van der Waals surface area contributed by atoms with Crippen molar-refractivity contribution >= 4 is 22.9 Å². The molecule has 0 bridgehead atoms. The smallest absolute Gasteiger partial charge is 0.137 e. The molecule has 2 heterocycles. The van der Waals surface area contributed by atoms with Crippen LogP contribution in [-0.2, 0) is 6.54 Å². The Morgan fingerprint density at radius 2 is 1.95 bits per heavy atom. The number of nitrogens with zero attached hydrogens (tertiary/aromatic N) is 2. The molecule has 4 heteroatoms. The lowest BCUT2D eigenvalue weighted by atomic mass is 10.3. The van der Waals surface area contributed by atoms with Crippen LogP contribution in [0.5, 0.6) is 0 Å². The molecule has 3 nitrogen and oxygen atoms in total. The molecule has 0 spiro atoms. The first kappa shape index (κ1) is 12.1. The Hall–Kier alpha value is -2.00. The highest BCUT2D eigenvalue weighted by Crippen LogP contribution is 2.22. The average Bonchev–Trinajstić information content (AvgIpc) is 2.74. The van der Waals surface area contributed by atoms with Gasteiger partial charge in [0, 0.05) is 6.20 Å². The molecule has 0 saturated heterocycles. The summed E-state index contributed by atoms with van der Waals surface area (Å²) in [6, 6.07) is 13.8. The standard InChI is InChI=1S/C15H14ClN3/c1-11-14(19-9-5-4-8-15(19)18-11)10-17-13-7-3-2-6-12(13)16/h2-9,17H,10H2,1H3. The van der Waals surface area contributed by atoms with E-state index < -0.39 is 0 Å². The second-order valence-electron chi connectivity index (χ2n) is 4.41. The number of hydrogen-bond acceptors (Lipinski definition) is 2. The fourth-order valence-corrected chi connectivity index (χ4v) is 2.36. The van der Waals surface area contributed by atoms with Crippen molar-refractivity contribution in [2.75, 3.05) is 5.32 Å². The van der Waals surface area contributed by atoms with Crippen LogP contribution in [0.4, 0.5) is 5.69 Å². The molecule has 0 amide bonds. The fraction of sp³-hybridized carbons (Fsp3) is 0.133. The number of benzene rings is 1. The number of anilines is 1. The molecule has 96 valence electrons. The summed E-state index contributed by atoms with van der Waals surface area (Å²) in [7, 11) is 0. The summed E-state index contributed by atoms with van der Waals surface area (Å²) in [4.78, 5) is 4.54. The van der Waals surface area contributed by atoms with Crippen LogP contribution in [0.25, 0.3) is 5.65 Å². The summed E-state index contributed by atoms with van der Waals surface area (Å²) in [6.07, 6.45) is 2.03. The van der Waals surface area contributed by atoms with Crippen LogP contribution in [0.3, 0.4) is 0 Å². The SMILES string of the molecule is Cc1nc2ccccn2c1CNc1ccccc1Cl. The number of pyridine rings is 1.